The number of phenols is 1. The van der Waals surface area contributed by atoms with Gasteiger partial charge in [0.05, 0.1) is 6.61 Å². The molecule has 0 amide bonds. The molecule has 0 fully saturated rings. The van der Waals surface area contributed by atoms with E-state index in [0.29, 0.717) is 13.2 Å². The number of hydrogen-bond acceptors (Lipinski definition) is 4. The number of para-hydroxylation sites is 1. The lowest BCUT2D eigenvalue weighted by Crippen LogP contribution is -2.30. The molecule has 0 heterocycles. The molecule has 0 aliphatic heterocycles. The highest BCUT2D eigenvalue weighted by Gasteiger charge is 2.23. The maximum Gasteiger partial charge on any atom is 0.246 e. The lowest BCUT2D eigenvalue weighted by molar-refractivity contribution is 0.138. The van der Waals surface area contributed by atoms with Gasteiger partial charge in [-0.15, -0.1) is 0 Å². The minimum Gasteiger partial charge on any atom is -0.507 e. The van der Waals surface area contributed by atoms with Crippen molar-refractivity contribution >= 4 is 10.0 Å². The number of sulfonamides is 1. The van der Waals surface area contributed by atoms with Crippen molar-refractivity contribution in [3.63, 3.8) is 0 Å². The van der Waals surface area contributed by atoms with Crippen LogP contribution in [-0.4, -0.2) is 44.6 Å². The molecule has 1 aromatic rings. The zero-order chi connectivity index (χ0) is 12.9. The van der Waals surface area contributed by atoms with E-state index in [1.165, 1.54) is 19.2 Å². The van der Waals surface area contributed by atoms with E-state index in [0.717, 1.165) is 4.31 Å². The molecule has 0 bridgehead atoms. The fourth-order valence-corrected chi connectivity index (χ4v) is 2.53. The number of benzene rings is 1. The van der Waals surface area contributed by atoms with Gasteiger partial charge in [0.2, 0.25) is 10.0 Å². The summed E-state index contributed by atoms with van der Waals surface area (Å²) in [6.07, 6.45) is 0. The van der Waals surface area contributed by atoms with Gasteiger partial charge in [-0.1, -0.05) is 12.1 Å². The average molecular weight is 259 g/mol. The molecule has 0 saturated carbocycles. The molecule has 0 aromatic heterocycles. The number of ether oxygens (including phenoxy) is 1. The Balaban J connectivity index is 2.85. The highest BCUT2D eigenvalue weighted by Crippen LogP contribution is 2.23. The van der Waals surface area contributed by atoms with Crippen LogP contribution in [0.1, 0.15) is 6.92 Å². The first-order valence-corrected chi connectivity index (χ1v) is 6.76. The average Bonchev–Trinajstić information content (AvgIpc) is 2.29. The molecule has 1 aromatic carbocycles. The Morgan fingerprint density at radius 2 is 2.00 bits per heavy atom. The van der Waals surface area contributed by atoms with Crippen LogP contribution in [0.25, 0.3) is 0 Å². The van der Waals surface area contributed by atoms with Gasteiger partial charge in [-0.25, -0.2) is 8.42 Å². The van der Waals surface area contributed by atoms with Crippen molar-refractivity contribution < 1.29 is 18.3 Å². The van der Waals surface area contributed by atoms with Gasteiger partial charge in [-0.3, -0.25) is 0 Å². The summed E-state index contributed by atoms with van der Waals surface area (Å²) >= 11 is 0. The Morgan fingerprint density at radius 3 is 2.59 bits per heavy atom. The highest BCUT2D eigenvalue weighted by atomic mass is 32.2. The molecular formula is C11H17NO4S. The maximum atomic E-state index is 12.1. The second-order valence-corrected chi connectivity index (χ2v) is 5.50. The fraction of sp³-hybridized carbons (Fsp3) is 0.455. The SMILES string of the molecule is CCOCCN(C)S(=O)(=O)c1ccccc1O. The molecule has 0 aliphatic rings. The predicted octanol–water partition coefficient (Wildman–Crippen LogP) is 1.05. The summed E-state index contributed by atoms with van der Waals surface area (Å²) in [5, 5.41) is 9.53. The first kappa shape index (κ1) is 14.0. The molecule has 1 N–H and O–H groups in total. The van der Waals surface area contributed by atoms with Crippen LogP contribution in [0, 0.1) is 0 Å². The molecule has 6 heteroatoms. The first-order valence-electron chi connectivity index (χ1n) is 5.32. The number of nitrogens with zero attached hydrogens (tertiary/aromatic N) is 1. The molecule has 0 aliphatic carbocycles. The molecule has 0 radical (unpaired) electrons. The molecule has 0 spiro atoms. The van der Waals surface area contributed by atoms with E-state index in [9.17, 15) is 13.5 Å². The number of aromatic hydroxyl groups is 1. The molecule has 1 rings (SSSR count). The Bertz CT molecular complexity index is 458. The van der Waals surface area contributed by atoms with Gasteiger partial charge in [-0.05, 0) is 19.1 Å². The third-order valence-corrected chi connectivity index (χ3v) is 4.21. The minimum atomic E-state index is -3.65. The second-order valence-electron chi connectivity index (χ2n) is 3.49. The summed E-state index contributed by atoms with van der Waals surface area (Å²) < 4.78 is 30.4. The Kier molecular flexibility index (Phi) is 4.92. The predicted molar refractivity (Wildman–Crippen MR) is 64.4 cm³/mol. The van der Waals surface area contributed by atoms with Gasteiger partial charge < -0.3 is 9.84 Å². The van der Waals surface area contributed by atoms with Gasteiger partial charge in [0, 0.05) is 20.2 Å². The van der Waals surface area contributed by atoms with Gasteiger partial charge in [0.1, 0.15) is 10.6 Å². The zero-order valence-electron chi connectivity index (χ0n) is 9.96. The number of rotatable bonds is 6. The van der Waals surface area contributed by atoms with E-state index >= 15 is 0 Å². The van der Waals surface area contributed by atoms with Crippen LogP contribution in [0.15, 0.2) is 29.2 Å². The molecule has 5 nitrogen and oxygen atoms in total. The van der Waals surface area contributed by atoms with Crippen molar-refractivity contribution in [2.75, 3.05) is 26.8 Å². The van der Waals surface area contributed by atoms with Gasteiger partial charge in [0.15, 0.2) is 0 Å². The third-order valence-electron chi connectivity index (χ3n) is 2.31. The molecule has 0 unspecified atom stereocenters. The summed E-state index contributed by atoms with van der Waals surface area (Å²) in [6, 6.07) is 5.88. The van der Waals surface area contributed by atoms with E-state index in [1.807, 2.05) is 6.92 Å². The van der Waals surface area contributed by atoms with E-state index < -0.39 is 10.0 Å². The lowest BCUT2D eigenvalue weighted by Gasteiger charge is -2.17. The van der Waals surface area contributed by atoms with Crippen LogP contribution in [0.3, 0.4) is 0 Å². The van der Waals surface area contributed by atoms with Crippen LogP contribution < -0.4 is 0 Å². The Labute approximate surface area is 102 Å². The largest absolute Gasteiger partial charge is 0.507 e. The smallest absolute Gasteiger partial charge is 0.246 e. The monoisotopic (exact) mass is 259 g/mol. The minimum absolute atomic E-state index is 0.0843. The fourth-order valence-electron chi connectivity index (χ4n) is 1.30. The lowest BCUT2D eigenvalue weighted by atomic mass is 10.3. The van der Waals surface area contributed by atoms with Crippen LogP contribution in [0.2, 0.25) is 0 Å². The number of likely N-dealkylation sites (N-methyl/N-ethyl adjacent to an activating group) is 1. The van der Waals surface area contributed by atoms with Crippen molar-refractivity contribution in [1.82, 2.24) is 4.31 Å². The summed E-state index contributed by atoms with van der Waals surface area (Å²) in [5.41, 5.74) is 0. The van der Waals surface area contributed by atoms with Crippen LogP contribution in [0.4, 0.5) is 0 Å². The van der Waals surface area contributed by atoms with Crippen molar-refractivity contribution in [1.29, 1.82) is 0 Å². The van der Waals surface area contributed by atoms with Gasteiger partial charge >= 0.3 is 0 Å². The van der Waals surface area contributed by atoms with Crippen LogP contribution in [0.5, 0.6) is 5.75 Å². The summed E-state index contributed by atoms with van der Waals surface area (Å²) in [5.74, 6) is -0.240. The standard InChI is InChI=1S/C11H17NO4S/c1-3-16-9-8-12(2)17(14,15)11-7-5-4-6-10(11)13/h4-7,13H,3,8-9H2,1-2H3. The molecule has 17 heavy (non-hydrogen) atoms. The molecule has 96 valence electrons. The normalized spacial score (nSPS) is 11.9. The molecule has 0 atom stereocenters. The number of phenolic OH excluding ortho intramolecular Hbond substituents is 1. The summed E-state index contributed by atoms with van der Waals surface area (Å²) in [6.45, 7) is 2.98. The summed E-state index contributed by atoms with van der Waals surface area (Å²) in [7, 11) is -2.19. The van der Waals surface area contributed by atoms with E-state index in [4.69, 9.17) is 4.74 Å². The van der Waals surface area contributed by atoms with E-state index in [1.54, 1.807) is 12.1 Å². The number of hydrogen-bond donors (Lipinski definition) is 1. The van der Waals surface area contributed by atoms with Crippen molar-refractivity contribution in [3.8, 4) is 5.75 Å². The molecular weight excluding hydrogens is 242 g/mol. The third kappa shape index (κ3) is 3.42. The van der Waals surface area contributed by atoms with Gasteiger partial charge in [0.25, 0.3) is 0 Å². The van der Waals surface area contributed by atoms with Gasteiger partial charge in [-0.2, -0.15) is 4.31 Å². The van der Waals surface area contributed by atoms with Crippen molar-refractivity contribution in [2.45, 2.75) is 11.8 Å². The quantitative estimate of drug-likeness (QED) is 0.775. The van der Waals surface area contributed by atoms with E-state index in [-0.39, 0.29) is 17.2 Å². The van der Waals surface area contributed by atoms with Crippen LogP contribution >= 0.6 is 0 Å². The maximum absolute atomic E-state index is 12.1. The highest BCUT2D eigenvalue weighted by molar-refractivity contribution is 7.89. The Morgan fingerprint density at radius 1 is 1.35 bits per heavy atom. The Hall–Kier alpha value is -1.11. The molecule has 0 saturated heterocycles. The van der Waals surface area contributed by atoms with Crippen molar-refractivity contribution in [2.24, 2.45) is 0 Å². The van der Waals surface area contributed by atoms with Crippen molar-refractivity contribution in [3.05, 3.63) is 24.3 Å². The zero-order valence-corrected chi connectivity index (χ0v) is 10.8. The van der Waals surface area contributed by atoms with E-state index in [2.05, 4.69) is 0 Å². The second kappa shape index (κ2) is 6.00. The first-order chi connectivity index (χ1) is 8.00. The topological polar surface area (TPSA) is 66.8 Å². The summed E-state index contributed by atoms with van der Waals surface area (Å²) in [4.78, 5) is -0.0843. The van der Waals surface area contributed by atoms with Crippen LogP contribution in [-0.2, 0) is 14.8 Å².